The molecule has 3 heteroatoms. The summed E-state index contributed by atoms with van der Waals surface area (Å²) in [6.07, 6.45) is 3.88. The fourth-order valence-corrected chi connectivity index (χ4v) is 4.57. The molecule has 0 radical (unpaired) electrons. The van der Waals surface area contributed by atoms with E-state index in [9.17, 15) is 0 Å². The highest BCUT2D eigenvalue weighted by Crippen LogP contribution is 2.40. The zero-order valence-electron chi connectivity index (χ0n) is 17.0. The van der Waals surface area contributed by atoms with Gasteiger partial charge in [-0.1, -0.05) is 61.0 Å². The minimum atomic E-state index is -0.140. The number of hydrogen-bond acceptors (Lipinski definition) is 3. The Labute approximate surface area is 173 Å². The van der Waals surface area contributed by atoms with E-state index >= 15 is 0 Å². The topological polar surface area (TPSA) is 24.5 Å². The average molecular weight is 385 g/mol. The molecule has 0 amide bonds. The molecule has 29 heavy (non-hydrogen) atoms. The van der Waals surface area contributed by atoms with Crippen LogP contribution < -0.4 is 10.1 Å². The lowest BCUT2D eigenvalue weighted by atomic mass is 9.96. The number of fused-ring (bicyclic) bond motifs is 1. The molecule has 1 unspecified atom stereocenters. The highest BCUT2D eigenvalue weighted by Gasteiger charge is 2.26. The maximum Gasteiger partial charge on any atom is 0.196 e. The van der Waals surface area contributed by atoms with Crippen LogP contribution in [-0.4, -0.2) is 18.0 Å². The van der Waals surface area contributed by atoms with Gasteiger partial charge in [0.25, 0.3) is 0 Å². The Morgan fingerprint density at radius 1 is 0.931 bits per heavy atom. The van der Waals surface area contributed by atoms with E-state index in [1.165, 1.54) is 60.2 Å². The second-order valence-corrected chi connectivity index (χ2v) is 8.20. The first-order chi connectivity index (χ1) is 14.3. The third kappa shape index (κ3) is 3.75. The molecule has 1 N–H and O–H groups in total. The maximum atomic E-state index is 6.28. The molecule has 0 aliphatic carbocycles. The molecule has 3 aromatic rings. The third-order valence-electron chi connectivity index (χ3n) is 6.17. The van der Waals surface area contributed by atoms with Gasteiger partial charge in [0.15, 0.2) is 6.23 Å². The Kier molecular flexibility index (Phi) is 4.99. The van der Waals surface area contributed by atoms with Gasteiger partial charge in [0.1, 0.15) is 5.75 Å². The number of nitrogens with zero attached hydrogens (tertiary/aromatic N) is 1. The first-order valence-corrected chi connectivity index (χ1v) is 10.7. The van der Waals surface area contributed by atoms with Crippen molar-refractivity contribution in [2.75, 3.05) is 18.4 Å². The lowest BCUT2D eigenvalue weighted by Gasteiger charge is -2.26. The van der Waals surface area contributed by atoms with Gasteiger partial charge < -0.3 is 10.1 Å². The van der Waals surface area contributed by atoms with Gasteiger partial charge in [-0.15, -0.1) is 0 Å². The number of likely N-dealkylation sites (tertiary alicyclic amines) is 1. The van der Waals surface area contributed by atoms with Crippen LogP contribution in [0.2, 0.25) is 0 Å². The Balaban J connectivity index is 1.36. The summed E-state index contributed by atoms with van der Waals surface area (Å²) in [6, 6.07) is 23.6. The van der Waals surface area contributed by atoms with Crippen molar-refractivity contribution in [2.24, 2.45) is 0 Å². The molecule has 2 aliphatic heterocycles. The van der Waals surface area contributed by atoms with Gasteiger partial charge in [-0.2, -0.15) is 0 Å². The molecule has 1 saturated heterocycles. The minimum Gasteiger partial charge on any atom is -0.464 e. The van der Waals surface area contributed by atoms with Crippen molar-refractivity contribution in [2.45, 2.75) is 39.0 Å². The third-order valence-corrected chi connectivity index (χ3v) is 6.17. The minimum absolute atomic E-state index is 0.140. The molecule has 0 bridgehead atoms. The Hall–Kier alpha value is -2.78. The van der Waals surface area contributed by atoms with Crippen molar-refractivity contribution in [3.05, 3.63) is 83.4 Å². The van der Waals surface area contributed by atoms with E-state index in [0.717, 1.165) is 18.0 Å². The molecular weight excluding hydrogens is 356 g/mol. The number of anilines is 1. The summed E-state index contributed by atoms with van der Waals surface area (Å²) >= 11 is 0. The number of ether oxygens (including phenoxy) is 1. The molecule has 1 atom stereocenters. The summed E-state index contributed by atoms with van der Waals surface area (Å²) < 4.78 is 6.28. The van der Waals surface area contributed by atoms with Crippen molar-refractivity contribution in [1.29, 1.82) is 0 Å². The highest BCUT2D eigenvalue weighted by atomic mass is 16.5. The van der Waals surface area contributed by atoms with Gasteiger partial charge in [0.2, 0.25) is 0 Å². The molecule has 1 fully saturated rings. The summed E-state index contributed by atoms with van der Waals surface area (Å²) in [6.45, 7) is 5.65. The predicted molar refractivity (Wildman–Crippen MR) is 119 cm³/mol. The normalized spacial score (nSPS) is 18.7. The molecule has 2 heterocycles. The second kappa shape index (κ2) is 7.92. The van der Waals surface area contributed by atoms with E-state index < -0.39 is 0 Å². The number of piperidine rings is 1. The van der Waals surface area contributed by atoms with Crippen LogP contribution in [0.15, 0.2) is 66.7 Å². The Morgan fingerprint density at radius 2 is 1.76 bits per heavy atom. The largest absolute Gasteiger partial charge is 0.464 e. The smallest absolute Gasteiger partial charge is 0.196 e. The van der Waals surface area contributed by atoms with Crippen LogP contribution in [0.25, 0.3) is 11.1 Å². The molecular formula is C26H28N2O. The van der Waals surface area contributed by atoms with Crippen LogP contribution in [0.1, 0.15) is 42.2 Å². The monoisotopic (exact) mass is 384 g/mol. The van der Waals surface area contributed by atoms with Gasteiger partial charge in [-0.25, -0.2) is 0 Å². The van der Waals surface area contributed by atoms with Gasteiger partial charge in [0, 0.05) is 12.1 Å². The standard InChI is InChI=1S/C26H28N2O/c1-19-22(21-9-4-2-5-10-21)11-8-12-23(19)26-27-24-17-20(13-14-25(24)29-26)18-28-15-6-3-7-16-28/h2,4-5,8-14,17,26-27H,3,6-7,15-16,18H2,1H3. The Morgan fingerprint density at radius 3 is 2.59 bits per heavy atom. The van der Waals surface area contributed by atoms with E-state index in [0.29, 0.717) is 0 Å². The number of hydrogen-bond donors (Lipinski definition) is 1. The first kappa shape index (κ1) is 18.3. The van der Waals surface area contributed by atoms with Crippen LogP contribution in [0.3, 0.4) is 0 Å². The van der Waals surface area contributed by atoms with Gasteiger partial charge in [0.05, 0.1) is 5.69 Å². The summed E-state index contributed by atoms with van der Waals surface area (Å²) in [7, 11) is 0. The molecule has 3 aromatic carbocycles. The SMILES string of the molecule is Cc1c(-c2ccccc2)cccc1C1Nc2cc(CN3CCCCC3)ccc2O1. The zero-order chi connectivity index (χ0) is 19.6. The molecule has 0 spiro atoms. The fraction of sp³-hybridized carbons (Fsp3) is 0.308. The van der Waals surface area contributed by atoms with Crippen molar-refractivity contribution >= 4 is 5.69 Å². The van der Waals surface area contributed by atoms with Crippen molar-refractivity contribution < 1.29 is 4.74 Å². The van der Waals surface area contributed by atoms with Crippen LogP contribution in [0.5, 0.6) is 5.75 Å². The van der Waals surface area contributed by atoms with Crippen molar-refractivity contribution in [1.82, 2.24) is 4.90 Å². The van der Waals surface area contributed by atoms with E-state index in [2.05, 4.69) is 83.9 Å². The van der Waals surface area contributed by atoms with Crippen LogP contribution in [-0.2, 0) is 6.54 Å². The summed E-state index contributed by atoms with van der Waals surface area (Å²) in [5, 5.41) is 3.61. The predicted octanol–water partition coefficient (Wildman–Crippen LogP) is 6.15. The number of rotatable bonds is 4. The molecule has 2 aliphatic rings. The maximum absolute atomic E-state index is 6.28. The molecule has 5 rings (SSSR count). The van der Waals surface area contributed by atoms with Crippen LogP contribution in [0.4, 0.5) is 5.69 Å². The van der Waals surface area contributed by atoms with Crippen molar-refractivity contribution in [3.8, 4) is 16.9 Å². The zero-order valence-corrected chi connectivity index (χ0v) is 17.0. The van der Waals surface area contributed by atoms with E-state index in [1.807, 2.05) is 0 Å². The van der Waals surface area contributed by atoms with Crippen LogP contribution in [0, 0.1) is 6.92 Å². The van der Waals surface area contributed by atoms with E-state index in [1.54, 1.807) is 0 Å². The fourth-order valence-electron chi connectivity index (χ4n) is 4.57. The van der Waals surface area contributed by atoms with E-state index in [4.69, 9.17) is 4.74 Å². The van der Waals surface area contributed by atoms with E-state index in [-0.39, 0.29) is 6.23 Å². The van der Waals surface area contributed by atoms with Gasteiger partial charge in [-0.3, -0.25) is 4.90 Å². The first-order valence-electron chi connectivity index (χ1n) is 10.7. The molecule has 0 aromatic heterocycles. The summed E-state index contributed by atoms with van der Waals surface area (Å²) in [5.41, 5.74) is 7.42. The Bertz CT molecular complexity index is 993. The quantitative estimate of drug-likeness (QED) is 0.584. The second-order valence-electron chi connectivity index (χ2n) is 8.20. The lowest BCUT2D eigenvalue weighted by Crippen LogP contribution is -2.29. The van der Waals surface area contributed by atoms with Crippen molar-refractivity contribution in [3.63, 3.8) is 0 Å². The highest BCUT2D eigenvalue weighted by molar-refractivity contribution is 5.70. The lowest BCUT2D eigenvalue weighted by molar-refractivity contribution is 0.221. The molecule has 0 saturated carbocycles. The number of benzene rings is 3. The van der Waals surface area contributed by atoms with Gasteiger partial charge >= 0.3 is 0 Å². The average Bonchev–Trinajstić information content (AvgIpc) is 3.18. The summed E-state index contributed by atoms with van der Waals surface area (Å²) in [5.74, 6) is 0.946. The number of nitrogens with one attached hydrogen (secondary N) is 1. The molecule has 148 valence electrons. The van der Waals surface area contributed by atoms with Crippen LogP contribution >= 0.6 is 0 Å². The van der Waals surface area contributed by atoms with Gasteiger partial charge in [-0.05, 0) is 67.2 Å². The molecule has 3 nitrogen and oxygen atoms in total. The summed E-state index contributed by atoms with van der Waals surface area (Å²) in [4.78, 5) is 2.56.